The third-order valence-electron chi connectivity index (χ3n) is 2.50. The Morgan fingerprint density at radius 3 is 2.53 bits per heavy atom. The van der Waals surface area contributed by atoms with Crippen LogP contribution in [0.2, 0.25) is 0 Å². The number of aromatic amines is 1. The minimum Gasteiger partial charge on any atom is -0.329 e. The lowest BCUT2D eigenvalue weighted by Crippen LogP contribution is -2.12. The fourth-order valence-electron chi connectivity index (χ4n) is 1.75. The number of H-pyrrole nitrogens is 1. The average molecular weight is 199 g/mol. The molecule has 1 heterocycles. The molecule has 1 aromatic heterocycles. The molecule has 2 aromatic rings. The molecule has 15 heavy (non-hydrogen) atoms. The maximum atomic E-state index is 11.6. The predicted molar refractivity (Wildman–Crippen MR) is 61.9 cm³/mol. The molecule has 0 amide bonds. The van der Waals surface area contributed by atoms with Crippen molar-refractivity contribution in [2.24, 2.45) is 0 Å². The average Bonchev–Trinajstić information content (AvgIpc) is 2.30. The van der Waals surface area contributed by atoms with Crippen LogP contribution in [0.5, 0.6) is 0 Å². The van der Waals surface area contributed by atoms with Crippen molar-refractivity contribution >= 4 is 0 Å². The summed E-state index contributed by atoms with van der Waals surface area (Å²) in [6.07, 6.45) is 2.45. The Kier molecular flexibility index (Phi) is 2.68. The van der Waals surface area contributed by atoms with Gasteiger partial charge in [-0.3, -0.25) is 4.79 Å². The summed E-state index contributed by atoms with van der Waals surface area (Å²) >= 11 is 0. The summed E-state index contributed by atoms with van der Waals surface area (Å²) in [6, 6.07) is 11.9. The van der Waals surface area contributed by atoms with E-state index in [2.05, 4.69) is 4.98 Å². The predicted octanol–water partition coefficient (Wildman–Crippen LogP) is 2.60. The van der Waals surface area contributed by atoms with Crippen LogP contribution in [-0.2, 0) is 6.42 Å². The first-order chi connectivity index (χ1) is 7.33. The second-order valence-electron chi connectivity index (χ2n) is 3.42. The molecular weight excluding hydrogens is 186 g/mol. The zero-order valence-corrected chi connectivity index (χ0v) is 8.66. The maximum Gasteiger partial charge on any atom is 0.251 e. The number of benzene rings is 1. The number of pyridine rings is 1. The first kappa shape index (κ1) is 9.71. The Morgan fingerprint density at radius 2 is 1.87 bits per heavy atom. The minimum atomic E-state index is 0.0128. The van der Waals surface area contributed by atoms with Crippen molar-refractivity contribution < 1.29 is 0 Å². The lowest BCUT2D eigenvalue weighted by Gasteiger charge is -2.05. The molecule has 1 aromatic carbocycles. The number of hydrogen-bond acceptors (Lipinski definition) is 1. The van der Waals surface area contributed by atoms with Crippen LogP contribution in [0, 0.1) is 0 Å². The van der Waals surface area contributed by atoms with Gasteiger partial charge in [0.15, 0.2) is 0 Å². The van der Waals surface area contributed by atoms with Crippen LogP contribution in [0.4, 0.5) is 0 Å². The van der Waals surface area contributed by atoms with E-state index in [0.717, 1.165) is 23.1 Å². The smallest absolute Gasteiger partial charge is 0.251 e. The Hall–Kier alpha value is -1.83. The van der Waals surface area contributed by atoms with Crippen molar-refractivity contribution in [2.75, 3.05) is 0 Å². The zero-order chi connectivity index (χ0) is 10.7. The van der Waals surface area contributed by atoms with Crippen LogP contribution in [-0.4, -0.2) is 4.98 Å². The van der Waals surface area contributed by atoms with Gasteiger partial charge in [0, 0.05) is 11.8 Å². The molecule has 1 N–H and O–H groups in total. The van der Waals surface area contributed by atoms with Crippen molar-refractivity contribution in [1.29, 1.82) is 0 Å². The Bertz CT molecular complexity index is 499. The SMILES string of the molecule is CCc1c(-c2ccccc2)cc[nH]c1=O. The van der Waals surface area contributed by atoms with E-state index >= 15 is 0 Å². The third kappa shape index (κ3) is 1.84. The highest BCUT2D eigenvalue weighted by atomic mass is 16.1. The van der Waals surface area contributed by atoms with Gasteiger partial charge in [0.05, 0.1) is 0 Å². The topological polar surface area (TPSA) is 32.9 Å². The summed E-state index contributed by atoms with van der Waals surface area (Å²) in [5, 5.41) is 0. The van der Waals surface area contributed by atoms with Crippen LogP contribution in [0.25, 0.3) is 11.1 Å². The van der Waals surface area contributed by atoms with E-state index < -0.39 is 0 Å². The van der Waals surface area contributed by atoms with Crippen molar-refractivity contribution in [1.82, 2.24) is 4.98 Å². The highest BCUT2D eigenvalue weighted by molar-refractivity contribution is 5.66. The molecule has 0 spiro atoms. The summed E-state index contributed by atoms with van der Waals surface area (Å²) in [5.74, 6) is 0. The van der Waals surface area contributed by atoms with Gasteiger partial charge in [0.2, 0.25) is 0 Å². The van der Waals surface area contributed by atoms with E-state index in [4.69, 9.17) is 0 Å². The molecule has 0 bridgehead atoms. The summed E-state index contributed by atoms with van der Waals surface area (Å²) in [7, 11) is 0. The van der Waals surface area contributed by atoms with Crippen LogP contribution in [0.1, 0.15) is 12.5 Å². The number of rotatable bonds is 2. The first-order valence-corrected chi connectivity index (χ1v) is 5.09. The maximum absolute atomic E-state index is 11.6. The zero-order valence-electron chi connectivity index (χ0n) is 8.66. The van der Waals surface area contributed by atoms with Gasteiger partial charge in [0.25, 0.3) is 5.56 Å². The lowest BCUT2D eigenvalue weighted by atomic mass is 10.0. The van der Waals surface area contributed by atoms with Gasteiger partial charge in [-0.1, -0.05) is 37.3 Å². The first-order valence-electron chi connectivity index (χ1n) is 5.09. The second kappa shape index (κ2) is 4.13. The van der Waals surface area contributed by atoms with Gasteiger partial charge in [-0.25, -0.2) is 0 Å². The second-order valence-corrected chi connectivity index (χ2v) is 3.42. The molecule has 2 heteroatoms. The molecule has 0 unspecified atom stereocenters. The van der Waals surface area contributed by atoms with Gasteiger partial charge in [-0.05, 0) is 23.6 Å². The molecule has 76 valence electrons. The molecule has 0 saturated heterocycles. The van der Waals surface area contributed by atoms with E-state index in [-0.39, 0.29) is 5.56 Å². The van der Waals surface area contributed by atoms with Crippen molar-refractivity contribution in [2.45, 2.75) is 13.3 Å². The summed E-state index contributed by atoms with van der Waals surface area (Å²) in [6.45, 7) is 2.00. The van der Waals surface area contributed by atoms with Crippen LogP contribution < -0.4 is 5.56 Å². The molecule has 0 atom stereocenters. The fraction of sp³-hybridized carbons (Fsp3) is 0.154. The van der Waals surface area contributed by atoms with Crippen LogP contribution in [0.15, 0.2) is 47.4 Å². The molecule has 0 saturated carbocycles. The third-order valence-corrected chi connectivity index (χ3v) is 2.50. The van der Waals surface area contributed by atoms with Crippen LogP contribution in [0.3, 0.4) is 0 Å². The minimum absolute atomic E-state index is 0.0128. The molecule has 2 nitrogen and oxygen atoms in total. The number of nitrogens with one attached hydrogen (secondary N) is 1. The van der Waals surface area contributed by atoms with Crippen molar-refractivity contribution in [3.05, 3.63) is 58.5 Å². The summed E-state index contributed by atoms with van der Waals surface area (Å²) in [5.41, 5.74) is 2.99. The molecule has 0 aliphatic rings. The lowest BCUT2D eigenvalue weighted by molar-refractivity contribution is 1.06. The van der Waals surface area contributed by atoms with Gasteiger partial charge in [0.1, 0.15) is 0 Å². The van der Waals surface area contributed by atoms with Crippen LogP contribution >= 0.6 is 0 Å². The molecule has 0 aliphatic heterocycles. The normalized spacial score (nSPS) is 10.2. The Labute approximate surface area is 88.6 Å². The van der Waals surface area contributed by atoms with Gasteiger partial charge >= 0.3 is 0 Å². The van der Waals surface area contributed by atoms with Gasteiger partial charge in [-0.2, -0.15) is 0 Å². The number of aromatic nitrogens is 1. The fourth-order valence-corrected chi connectivity index (χ4v) is 1.75. The van der Waals surface area contributed by atoms with E-state index in [1.807, 2.05) is 43.3 Å². The molecule has 2 rings (SSSR count). The monoisotopic (exact) mass is 199 g/mol. The van der Waals surface area contributed by atoms with E-state index in [9.17, 15) is 4.79 Å². The number of hydrogen-bond donors (Lipinski definition) is 1. The van der Waals surface area contributed by atoms with E-state index in [1.54, 1.807) is 6.20 Å². The van der Waals surface area contributed by atoms with Gasteiger partial charge < -0.3 is 4.98 Å². The standard InChI is InChI=1S/C13H13NO/c1-2-11-12(8-9-14-13(11)15)10-6-4-3-5-7-10/h3-9H,2H2,1H3,(H,14,15). The van der Waals surface area contributed by atoms with Gasteiger partial charge in [-0.15, -0.1) is 0 Å². The molecule has 0 radical (unpaired) electrons. The molecule has 0 fully saturated rings. The van der Waals surface area contributed by atoms with Crippen molar-refractivity contribution in [3.63, 3.8) is 0 Å². The summed E-state index contributed by atoms with van der Waals surface area (Å²) < 4.78 is 0. The highest BCUT2D eigenvalue weighted by Crippen LogP contribution is 2.20. The van der Waals surface area contributed by atoms with Crippen molar-refractivity contribution in [3.8, 4) is 11.1 Å². The quantitative estimate of drug-likeness (QED) is 0.792. The van der Waals surface area contributed by atoms with E-state index in [0.29, 0.717) is 0 Å². The van der Waals surface area contributed by atoms with E-state index in [1.165, 1.54) is 0 Å². The Morgan fingerprint density at radius 1 is 1.13 bits per heavy atom. The highest BCUT2D eigenvalue weighted by Gasteiger charge is 2.05. The Balaban J connectivity index is 2.63. The molecule has 0 aliphatic carbocycles. The largest absolute Gasteiger partial charge is 0.329 e. The summed E-state index contributed by atoms with van der Waals surface area (Å²) in [4.78, 5) is 14.3. The molecular formula is C13H13NO.